The van der Waals surface area contributed by atoms with Crippen LogP contribution in [0.3, 0.4) is 0 Å². The lowest BCUT2D eigenvalue weighted by molar-refractivity contribution is 0.101. The number of carbonyl (C=O) groups is 1. The average Bonchev–Trinajstić information content (AvgIpc) is 2.69. The van der Waals surface area contributed by atoms with E-state index in [-0.39, 0.29) is 17.2 Å². The van der Waals surface area contributed by atoms with Crippen LogP contribution in [0, 0.1) is 0 Å². The van der Waals surface area contributed by atoms with Crippen LogP contribution in [0.25, 0.3) is 0 Å². The monoisotopic (exact) mass is 426 g/mol. The van der Waals surface area contributed by atoms with Crippen molar-refractivity contribution in [1.29, 1.82) is 0 Å². The van der Waals surface area contributed by atoms with Crippen molar-refractivity contribution < 1.29 is 13.2 Å². The highest BCUT2D eigenvalue weighted by Gasteiger charge is 2.25. The van der Waals surface area contributed by atoms with Crippen LogP contribution in [-0.2, 0) is 10.0 Å². The number of piperidine rings is 1. The molecule has 2 aromatic rings. The quantitative estimate of drug-likeness (QED) is 0.692. The normalized spacial score (nSPS) is 15.5. The van der Waals surface area contributed by atoms with Crippen molar-refractivity contribution in [2.45, 2.75) is 24.2 Å². The van der Waals surface area contributed by atoms with Crippen LogP contribution < -0.4 is 5.32 Å². The SMILES string of the molecule is O=C(CNc1cc(Cl)ccc1Cl)c1ccc(S(=O)(=O)N2CCCCC2)cc1. The van der Waals surface area contributed by atoms with Crippen LogP contribution in [0.15, 0.2) is 47.4 Å². The van der Waals surface area contributed by atoms with Crippen molar-refractivity contribution in [2.24, 2.45) is 0 Å². The van der Waals surface area contributed by atoms with Crippen LogP contribution in [0.1, 0.15) is 29.6 Å². The molecule has 0 saturated carbocycles. The van der Waals surface area contributed by atoms with Gasteiger partial charge in [0, 0.05) is 23.7 Å². The Kier molecular flexibility index (Phi) is 6.42. The van der Waals surface area contributed by atoms with Crippen molar-refractivity contribution in [3.05, 3.63) is 58.1 Å². The van der Waals surface area contributed by atoms with E-state index in [0.29, 0.717) is 34.4 Å². The molecule has 1 aliphatic heterocycles. The molecule has 3 rings (SSSR count). The fourth-order valence-corrected chi connectivity index (χ4v) is 4.85. The van der Waals surface area contributed by atoms with E-state index >= 15 is 0 Å². The molecular formula is C19H20Cl2N2O3S. The van der Waals surface area contributed by atoms with Gasteiger partial charge in [0.25, 0.3) is 0 Å². The summed E-state index contributed by atoms with van der Waals surface area (Å²) >= 11 is 12.0. The van der Waals surface area contributed by atoms with Gasteiger partial charge in [-0.05, 0) is 55.3 Å². The summed E-state index contributed by atoms with van der Waals surface area (Å²) in [6, 6.07) is 11.0. The van der Waals surface area contributed by atoms with Crippen molar-refractivity contribution in [3.63, 3.8) is 0 Å². The van der Waals surface area contributed by atoms with Gasteiger partial charge in [-0.25, -0.2) is 8.42 Å². The zero-order chi connectivity index (χ0) is 19.4. The summed E-state index contributed by atoms with van der Waals surface area (Å²) in [5.41, 5.74) is 1.00. The topological polar surface area (TPSA) is 66.5 Å². The van der Waals surface area contributed by atoms with Crippen molar-refractivity contribution in [1.82, 2.24) is 4.31 Å². The van der Waals surface area contributed by atoms with Crippen LogP contribution >= 0.6 is 23.2 Å². The molecule has 0 radical (unpaired) electrons. The number of Topliss-reactive ketones (excluding diaryl/α,β-unsaturated/α-hetero) is 1. The van der Waals surface area contributed by atoms with E-state index in [4.69, 9.17) is 23.2 Å². The maximum absolute atomic E-state index is 12.6. The fraction of sp³-hybridized carbons (Fsp3) is 0.316. The standard InChI is InChI=1S/C19H20Cl2N2O3S/c20-15-6-9-17(21)18(12-15)22-13-19(24)14-4-7-16(8-5-14)27(25,26)23-10-2-1-3-11-23/h4-9,12,22H,1-3,10-11,13H2. The summed E-state index contributed by atoms with van der Waals surface area (Å²) < 4.78 is 26.8. The van der Waals surface area contributed by atoms with Gasteiger partial charge in [-0.2, -0.15) is 4.31 Å². The van der Waals surface area contributed by atoms with Gasteiger partial charge in [-0.15, -0.1) is 0 Å². The minimum Gasteiger partial charge on any atom is -0.376 e. The number of hydrogen-bond donors (Lipinski definition) is 1. The van der Waals surface area contributed by atoms with Crippen LogP contribution in [-0.4, -0.2) is 38.1 Å². The Morgan fingerprint density at radius 3 is 2.33 bits per heavy atom. The lowest BCUT2D eigenvalue weighted by Crippen LogP contribution is -2.35. The van der Waals surface area contributed by atoms with E-state index in [1.807, 2.05) is 0 Å². The van der Waals surface area contributed by atoms with E-state index < -0.39 is 10.0 Å². The molecule has 1 fully saturated rings. The smallest absolute Gasteiger partial charge is 0.243 e. The van der Waals surface area contributed by atoms with Crippen molar-refractivity contribution >= 4 is 44.7 Å². The van der Waals surface area contributed by atoms with Crippen LogP contribution in [0.5, 0.6) is 0 Å². The third-order valence-corrected chi connectivity index (χ3v) is 6.97. The van der Waals surface area contributed by atoms with Gasteiger partial charge >= 0.3 is 0 Å². The molecule has 1 heterocycles. The van der Waals surface area contributed by atoms with E-state index in [1.165, 1.54) is 16.4 Å². The summed E-state index contributed by atoms with van der Waals surface area (Å²) in [7, 11) is -3.50. The number of ketones is 1. The molecule has 0 unspecified atom stereocenters. The first kappa shape index (κ1) is 20.1. The van der Waals surface area contributed by atoms with Gasteiger partial charge in [0.1, 0.15) is 0 Å². The lowest BCUT2D eigenvalue weighted by atomic mass is 10.1. The Morgan fingerprint density at radius 1 is 1.00 bits per heavy atom. The van der Waals surface area contributed by atoms with Crippen molar-refractivity contribution in [3.8, 4) is 0 Å². The molecule has 1 aliphatic rings. The zero-order valence-corrected chi connectivity index (χ0v) is 16.9. The minimum absolute atomic E-state index is 0.0261. The van der Waals surface area contributed by atoms with Gasteiger partial charge in [0.05, 0.1) is 22.2 Å². The molecule has 27 heavy (non-hydrogen) atoms. The number of nitrogens with zero attached hydrogens (tertiary/aromatic N) is 1. The molecule has 144 valence electrons. The predicted molar refractivity (Wildman–Crippen MR) is 108 cm³/mol. The van der Waals surface area contributed by atoms with Gasteiger partial charge in [-0.3, -0.25) is 4.79 Å². The maximum Gasteiger partial charge on any atom is 0.243 e. The second-order valence-corrected chi connectivity index (χ2v) is 9.17. The summed E-state index contributed by atoms with van der Waals surface area (Å²) in [4.78, 5) is 12.6. The van der Waals surface area contributed by atoms with Gasteiger partial charge in [-0.1, -0.05) is 29.6 Å². The number of carbonyl (C=O) groups excluding carboxylic acids is 1. The molecule has 5 nitrogen and oxygen atoms in total. The largest absolute Gasteiger partial charge is 0.376 e. The molecular weight excluding hydrogens is 407 g/mol. The zero-order valence-electron chi connectivity index (χ0n) is 14.6. The summed E-state index contributed by atoms with van der Waals surface area (Å²) in [6.45, 7) is 1.12. The van der Waals surface area contributed by atoms with Gasteiger partial charge in [0.2, 0.25) is 10.0 Å². The van der Waals surface area contributed by atoms with E-state index in [0.717, 1.165) is 19.3 Å². The third kappa shape index (κ3) is 4.82. The fourth-order valence-electron chi connectivity index (χ4n) is 2.98. The Balaban J connectivity index is 1.67. The molecule has 0 bridgehead atoms. The second kappa shape index (κ2) is 8.61. The number of sulfonamides is 1. The molecule has 0 aliphatic carbocycles. The third-order valence-electron chi connectivity index (χ3n) is 4.50. The van der Waals surface area contributed by atoms with Crippen LogP contribution in [0.4, 0.5) is 5.69 Å². The number of anilines is 1. The Bertz CT molecular complexity index is 924. The maximum atomic E-state index is 12.6. The second-order valence-electron chi connectivity index (χ2n) is 6.39. The highest BCUT2D eigenvalue weighted by Crippen LogP contribution is 2.25. The molecule has 0 atom stereocenters. The minimum atomic E-state index is -3.50. The lowest BCUT2D eigenvalue weighted by Gasteiger charge is -2.25. The Labute approximate surface area is 169 Å². The van der Waals surface area contributed by atoms with E-state index in [1.54, 1.807) is 30.3 Å². The molecule has 0 spiro atoms. The molecule has 1 N–H and O–H groups in total. The predicted octanol–water partition coefficient (Wildman–Crippen LogP) is 4.46. The number of rotatable bonds is 6. The van der Waals surface area contributed by atoms with Crippen LogP contribution in [0.2, 0.25) is 10.0 Å². The first-order chi connectivity index (χ1) is 12.9. The molecule has 0 aromatic heterocycles. The first-order valence-electron chi connectivity index (χ1n) is 8.70. The number of benzene rings is 2. The van der Waals surface area contributed by atoms with Gasteiger partial charge < -0.3 is 5.32 Å². The average molecular weight is 427 g/mol. The molecule has 2 aromatic carbocycles. The highest BCUT2D eigenvalue weighted by atomic mass is 35.5. The number of halogens is 2. The Hall–Kier alpha value is -1.60. The van der Waals surface area contributed by atoms with Gasteiger partial charge in [0.15, 0.2) is 5.78 Å². The summed E-state index contributed by atoms with van der Waals surface area (Å²) in [5.74, 6) is -0.173. The molecule has 0 amide bonds. The number of nitrogens with one attached hydrogen (secondary N) is 1. The molecule has 8 heteroatoms. The summed E-state index contributed by atoms with van der Waals surface area (Å²) in [6.07, 6.45) is 2.82. The van der Waals surface area contributed by atoms with E-state index in [9.17, 15) is 13.2 Å². The molecule has 1 saturated heterocycles. The van der Waals surface area contributed by atoms with E-state index in [2.05, 4.69) is 5.32 Å². The summed E-state index contributed by atoms with van der Waals surface area (Å²) in [5, 5.41) is 3.94. The Morgan fingerprint density at radius 2 is 1.67 bits per heavy atom. The van der Waals surface area contributed by atoms with Crippen molar-refractivity contribution in [2.75, 3.05) is 25.0 Å². The highest BCUT2D eigenvalue weighted by molar-refractivity contribution is 7.89. The number of hydrogen-bond acceptors (Lipinski definition) is 4. The first-order valence-corrected chi connectivity index (χ1v) is 10.9.